The van der Waals surface area contributed by atoms with Gasteiger partial charge in [-0.25, -0.2) is 4.39 Å². The molecular formula is C14H20FN3O2. The molecule has 2 rings (SSSR count). The summed E-state index contributed by atoms with van der Waals surface area (Å²) in [4.78, 5) is 15.9. The minimum atomic E-state index is -0.406. The third-order valence-corrected chi connectivity index (χ3v) is 3.46. The number of amides is 1. The molecule has 1 aliphatic heterocycles. The van der Waals surface area contributed by atoms with Crippen molar-refractivity contribution in [1.82, 2.24) is 9.80 Å². The number of rotatable bonds is 4. The second-order valence-corrected chi connectivity index (χ2v) is 4.93. The monoisotopic (exact) mass is 281 g/mol. The third-order valence-electron chi connectivity index (χ3n) is 3.46. The molecule has 0 bridgehead atoms. The van der Waals surface area contributed by atoms with E-state index in [4.69, 9.17) is 10.5 Å². The standard InChI is InChI=1S/C14H20FN3O2/c1-17-4-6-18(7-5-17)14(19)10-20-12-3-2-11(9-16)13(15)8-12/h2-3,8H,4-7,9-10,16H2,1H3. The Balaban J connectivity index is 1.85. The van der Waals surface area contributed by atoms with Gasteiger partial charge in [0.25, 0.3) is 5.91 Å². The lowest BCUT2D eigenvalue weighted by atomic mass is 10.2. The van der Waals surface area contributed by atoms with Gasteiger partial charge in [-0.1, -0.05) is 6.07 Å². The van der Waals surface area contributed by atoms with Gasteiger partial charge >= 0.3 is 0 Å². The van der Waals surface area contributed by atoms with Gasteiger partial charge in [-0.2, -0.15) is 0 Å². The van der Waals surface area contributed by atoms with Crippen molar-refractivity contribution < 1.29 is 13.9 Å². The normalized spacial score (nSPS) is 16.2. The predicted octanol–water partition coefficient (Wildman–Crippen LogP) is 0.437. The molecule has 6 heteroatoms. The number of ether oxygens (including phenoxy) is 1. The van der Waals surface area contributed by atoms with Gasteiger partial charge in [-0.3, -0.25) is 4.79 Å². The van der Waals surface area contributed by atoms with Gasteiger partial charge in [-0.05, 0) is 13.1 Å². The van der Waals surface area contributed by atoms with Crippen LogP contribution in [-0.4, -0.2) is 55.5 Å². The molecule has 1 saturated heterocycles. The van der Waals surface area contributed by atoms with Gasteiger partial charge in [-0.15, -0.1) is 0 Å². The second kappa shape index (κ2) is 6.67. The van der Waals surface area contributed by atoms with E-state index in [1.807, 2.05) is 7.05 Å². The molecule has 0 unspecified atom stereocenters. The van der Waals surface area contributed by atoms with Crippen LogP contribution in [0.2, 0.25) is 0 Å². The first-order valence-corrected chi connectivity index (χ1v) is 6.68. The average molecular weight is 281 g/mol. The zero-order valence-corrected chi connectivity index (χ0v) is 11.6. The Kier molecular flexibility index (Phi) is 4.92. The molecule has 0 aromatic heterocycles. The Morgan fingerprint density at radius 1 is 1.35 bits per heavy atom. The Hall–Kier alpha value is -1.66. The van der Waals surface area contributed by atoms with Crippen LogP contribution in [0.3, 0.4) is 0 Å². The summed E-state index contributed by atoms with van der Waals surface area (Å²) in [5.74, 6) is -0.124. The molecule has 1 fully saturated rings. The number of hydrogen-bond acceptors (Lipinski definition) is 4. The number of nitrogens with two attached hydrogens (primary N) is 1. The number of likely N-dealkylation sites (N-methyl/N-ethyl adjacent to an activating group) is 1. The summed E-state index contributed by atoms with van der Waals surface area (Å²) in [5.41, 5.74) is 5.82. The smallest absolute Gasteiger partial charge is 0.260 e. The van der Waals surface area contributed by atoms with Crippen LogP contribution in [0, 0.1) is 5.82 Å². The van der Waals surface area contributed by atoms with E-state index in [1.165, 1.54) is 6.07 Å². The van der Waals surface area contributed by atoms with Crippen molar-refractivity contribution in [1.29, 1.82) is 0 Å². The van der Waals surface area contributed by atoms with Crippen LogP contribution in [-0.2, 0) is 11.3 Å². The molecule has 1 aromatic rings. The lowest BCUT2D eigenvalue weighted by Crippen LogP contribution is -2.48. The second-order valence-electron chi connectivity index (χ2n) is 4.93. The van der Waals surface area contributed by atoms with Crippen molar-refractivity contribution in [3.05, 3.63) is 29.6 Å². The summed E-state index contributed by atoms with van der Waals surface area (Å²) < 4.78 is 18.9. The van der Waals surface area contributed by atoms with Crippen molar-refractivity contribution >= 4 is 5.91 Å². The van der Waals surface area contributed by atoms with E-state index in [1.54, 1.807) is 17.0 Å². The zero-order valence-electron chi connectivity index (χ0n) is 11.6. The number of halogens is 1. The average Bonchev–Trinajstić information content (AvgIpc) is 2.45. The van der Waals surface area contributed by atoms with Crippen molar-refractivity contribution in [2.24, 2.45) is 5.73 Å². The molecule has 0 aliphatic carbocycles. The number of carbonyl (C=O) groups excluding carboxylic acids is 1. The van der Waals surface area contributed by atoms with Crippen LogP contribution in [0.1, 0.15) is 5.56 Å². The molecule has 0 saturated carbocycles. The molecule has 5 nitrogen and oxygen atoms in total. The molecule has 1 aromatic carbocycles. The number of piperazine rings is 1. The highest BCUT2D eigenvalue weighted by atomic mass is 19.1. The Morgan fingerprint density at radius 2 is 2.05 bits per heavy atom. The maximum atomic E-state index is 13.5. The lowest BCUT2D eigenvalue weighted by Gasteiger charge is -2.32. The molecule has 0 spiro atoms. The van der Waals surface area contributed by atoms with Crippen LogP contribution >= 0.6 is 0 Å². The molecule has 20 heavy (non-hydrogen) atoms. The maximum absolute atomic E-state index is 13.5. The molecule has 110 valence electrons. The zero-order chi connectivity index (χ0) is 14.5. The van der Waals surface area contributed by atoms with E-state index in [0.717, 1.165) is 13.1 Å². The first-order chi connectivity index (χ1) is 9.60. The summed E-state index contributed by atoms with van der Waals surface area (Å²) in [6.45, 7) is 3.23. The van der Waals surface area contributed by atoms with Crippen molar-refractivity contribution in [3.8, 4) is 5.75 Å². The topological polar surface area (TPSA) is 58.8 Å². The number of nitrogens with zero attached hydrogens (tertiary/aromatic N) is 2. The van der Waals surface area contributed by atoms with Gasteiger partial charge < -0.3 is 20.3 Å². The number of carbonyl (C=O) groups is 1. The molecule has 2 N–H and O–H groups in total. The lowest BCUT2D eigenvalue weighted by molar-refractivity contribution is -0.134. The van der Waals surface area contributed by atoms with Crippen LogP contribution in [0.15, 0.2) is 18.2 Å². The largest absolute Gasteiger partial charge is 0.484 e. The summed E-state index contributed by atoms with van der Waals surface area (Å²) in [7, 11) is 2.03. The summed E-state index contributed by atoms with van der Waals surface area (Å²) in [6, 6.07) is 4.47. The summed E-state index contributed by atoms with van der Waals surface area (Å²) in [6.07, 6.45) is 0. The van der Waals surface area contributed by atoms with Gasteiger partial charge in [0.1, 0.15) is 11.6 Å². The fraction of sp³-hybridized carbons (Fsp3) is 0.500. The summed E-state index contributed by atoms with van der Waals surface area (Å²) in [5, 5.41) is 0. The van der Waals surface area contributed by atoms with E-state index in [0.29, 0.717) is 24.4 Å². The highest BCUT2D eigenvalue weighted by Crippen LogP contribution is 2.16. The van der Waals surface area contributed by atoms with Crippen LogP contribution < -0.4 is 10.5 Å². The maximum Gasteiger partial charge on any atom is 0.260 e. The highest BCUT2D eigenvalue weighted by molar-refractivity contribution is 5.77. The molecule has 0 atom stereocenters. The molecule has 0 radical (unpaired) electrons. The SMILES string of the molecule is CN1CCN(C(=O)COc2ccc(CN)c(F)c2)CC1. The first-order valence-electron chi connectivity index (χ1n) is 6.68. The van der Waals surface area contributed by atoms with E-state index < -0.39 is 5.82 Å². The predicted molar refractivity (Wildman–Crippen MR) is 73.9 cm³/mol. The third kappa shape index (κ3) is 3.68. The minimum absolute atomic E-state index is 0.0644. The van der Waals surface area contributed by atoms with Crippen molar-refractivity contribution in [2.75, 3.05) is 39.8 Å². The summed E-state index contributed by atoms with van der Waals surface area (Å²) >= 11 is 0. The van der Waals surface area contributed by atoms with E-state index in [9.17, 15) is 9.18 Å². The van der Waals surface area contributed by atoms with Crippen LogP contribution in [0.4, 0.5) is 4.39 Å². The van der Waals surface area contributed by atoms with E-state index in [2.05, 4.69) is 4.90 Å². The van der Waals surface area contributed by atoms with Crippen molar-refractivity contribution in [3.63, 3.8) is 0 Å². The quantitative estimate of drug-likeness (QED) is 0.870. The van der Waals surface area contributed by atoms with E-state index in [-0.39, 0.29) is 19.1 Å². The molecule has 1 amide bonds. The van der Waals surface area contributed by atoms with Gasteiger partial charge in [0, 0.05) is 44.4 Å². The van der Waals surface area contributed by atoms with Crippen molar-refractivity contribution in [2.45, 2.75) is 6.54 Å². The number of benzene rings is 1. The first kappa shape index (κ1) is 14.7. The van der Waals surface area contributed by atoms with Crippen LogP contribution in [0.5, 0.6) is 5.75 Å². The Bertz CT molecular complexity index is 473. The van der Waals surface area contributed by atoms with Gasteiger partial charge in [0.15, 0.2) is 6.61 Å². The Labute approximate surface area is 118 Å². The molecule has 1 heterocycles. The minimum Gasteiger partial charge on any atom is -0.484 e. The Morgan fingerprint density at radius 3 is 2.65 bits per heavy atom. The molecule has 1 aliphatic rings. The van der Waals surface area contributed by atoms with Crippen LogP contribution in [0.25, 0.3) is 0 Å². The molecular weight excluding hydrogens is 261 g/mol. The van der Waals surface area contributed by atoms with Gasteiger partial charge in [0.05, 0.1) is 0 Å². The highest BCUT2D eigenvalue weighted by Gasteiger charge is 2.19. The fourth-order valence-corrected chi connectivity index (χ4v) is 2.08. The van der Waals surface area contributed by atoms with Gasteiger partial charge in [0.2, 0.25) is 0 Å². The van der Waals surface area contributed by atoms with E-state index >= 15 is 0 Å². The number of hydrogen-bond donors (Lipinski definition) is 1. The fourth-order valence-electron chi connectivity index (χ4n) is 2.08.